The van der Waals surface area contributed by atoms with E-state index < -0.39 is 0 Å². The van der Waals surface area contributed by atoms with E-state index in [1.165, 1.54) is 0 Å². The van der Waals surface area contributed by atoms with Gasteiger partial charge in [-0.1, -0.05) is 6.58 Å². The van der Waals surface area contributed by atoms with Gasteiger partial charge in [-0.3, -0.25) is 0 Å². The Labute approximate surface area is 52.7 Å². The molecule has 0 atom stereocenters. The van der Waals surface area contributed by atoms with Crippen LogP contribution in [0.1, 0.15) is 0 Å². The van der Waals surface area contributed by atoms with Gasteiger partial charge in [0.25, 0.3) is 0 Å². The van der Waals surface area contributed by atoms with Gasteiger partial charge < -0.3 is 5.32 Å². The van der Waals surface area contributed by atoms with E-state index in [-0.39, 0.29) is 0 Å². The Bertz CT molecular complexity index is 155. The molecule has 0 saturated heterocycles. The summed E-state index contributed by atoms with van der Waals surface area (Å²) in [7, 11) is 0. The average Bonchev–Trinajstić information content (AvgIpc) is 2.19. The summed E-state index contributed by atoms with van der Waals surface area (Å²) in [6, 6.07) is 4.00. The van der Waals surface area contributed by atoms with E-state index in [0.29, 0.717) is 0 Å². The van der Waals surface area contributed by atoms with E-state index in [9.17, 15) is 0 Å². The Hall–Kier alpha value is -0.760. The molecule has 0 aliphatic carbocycles. The van der Waals surface area contributed by atoms with E-state index in [0.717, 1.165) is 5.00 Å². The normalized spacial score (nSPS) is 8.50. The van der Waals surface area contributed by atoms with Crippen LogP contribution >= 0.6 is 11.3 Å². The van der Waals surface area contributed by atoms with E-state index in [1.54, 1.807) is 17.5 Å². The molecule has 0 radical (unpaired) electrons. The first-order chi connectivity index (χ1) is 3.93. The molecule has 0 bridgehead atoms. The molecule has 0 unspecified atom stereocenters. The van der Waals surface area contributed by atoms with Gasteiger partial charge in [-0.25, -0.2) is 0 Å². The molecule has 0 saturated carbocycles. The third-order valence-corrected chi connectivity index (χ3v) is 1.57. The molecule has 1 heterocycles. The van der Waals surface area contributed by atoms with Gasteiger partial charge in [0.1, 0.15) is 0 Å². The van der Waals surface area contributed by atoms with Crippen molar-refractivity contribution in [2.75, 3.05) is 5.32 Å². The Kier molecular flexibility index (Phi) is 1.70. The Morgan fingerprint density at radius 3 is 3.12 bits per heavy atom. The minimum absolute atomic E-state index is 1.14. The minimum atomic E-state index is 1.14. The predicted octanol–water partition coefficient (Wildman–Crippen LogP) is 2.30. The van der Waals surface area contributed by atoms with Crippen molar-refractivity contribution >= 4 is 16.3 Å². The van der Waals surface area contributed by atoms with Crippen molar-refractivity contribution in [2.24, 2.45) is 0 Å². The standard InChI is InChI=1S/C6H7NS/c1-2-7-6-4-3-5-8-6/h2-5,7H,1H2. The first-order valence-electron chi connectivity index (χ1n) is 2.34. The van der Waals surface area contributed by atoms with Gasteiger partial charge in [-0.15, -0.1) is 11.3 Å². The summed E-state index contributed by atoms with van der Waals surface area (Å²) in [5.41, 5.74) is 0. The van der Waals surface area contributed by atoms with Gasteiger partial charge in [-0.2, -0.15) is 0 Å². The fraction of sp³-hybridized carbons (Fsp3) is 0. The second kappa shape index (κ2) is 2.52. The summed E-state index contributed by atoms with van der Waals surface area (Å²) >= 11 is 1.67. The van der Waals surface area contributed by atoms with E-state index in [4.69, 9.17) is 0 Å². The van der Waals surface area contributed by atoms with Crippen LogP contribution in [0.25, 0.3) is 0 Å². The lowest BCUT2D eigenvalue weighted by Gasteiger charge is -1.88. The number of thiophene rings is 1. The summed E-state index contributed by atoms with van der Waals surface area (Å²) in [5, 5.41) is 6.13. The third-order valence-electron chi connectivity index (χ3n) is 0.765. The van der Waals surface area contributed by atoms with E-state index in [1.807, 2.05) is 17.5 Å². The van der Waals surface area contributed by atoms with Crippen molar-refractivity contribution in [1.29, 1.82) is 0 Å². The molecular formula is C6H7NS. The van der Waals surface area contributed by atoms with E-state index in [2.05, 4.69) is 11.9 Å². The van der Waals surface area contributed by atoms with Crippen LogP contribution in [-0.2, 0) is 0 Å². The van der Waals surface area contributed by atoms with Gasteiger partial charge in [0.2, 0.25) is 0 Å². The maximum atomic E-state index is 3.53. The monoisotopic (exact) mass is 125 g/mol. The smallest absolute Gasteiger partial charge is 0.0921 e. The minimum Gasteiger partial charge on any atom is -0.354 e. The molecule has 0 spiro atoms. The van der Waals surface area contributed by atoms with Crippen molar-refractivity contribution in [3.05, 3.63) is 30.3 Å². The van der Waals surface area contributed by atoms with E-state index >= 15 is 0 Å². The first kappa shape index (κ1) is 5.38. The van der Waals surface area contributed by atoms with Gasteiger partial charge in [0.15, 0.2) is 0 Å². The van der Waals surface area contributed by atoms with Gasteiger partial charge in [0.05, 0.1) is 5.00 Å². The number of hydrogen-bond acceptors (Lipinski definition) is 2. The molecule has 0 fully saturated rings. The highest BCUT2D eigenvalue weighted by Gasteiger charge is 1.82. The number of anilines is 1. The van der Waals surface area contributed by atoms with Crippen LogP contribution in [-0.4, -0.2) is 0 Å². The largest absolute Gasteiger partial charge is 0.354 e. The molecular weight excluding hydrogens is 118 g/mol. The van der Waals surface area contributed by atoms with Gasteiger partial charge in [0, 0.05) is 0 Å². The molecule has 0 aliphatic rings. The van der Waals surface area contributed by atoms with Gasteiger partial charge in [-0.05, 0) is 23.7 Å². The maximum absolute atomic E-state index is 3.53. The summed E-state index contributed by atoms with van der Waals surface area (Å²) < 4.78 is 0. The second-order valence-electron chi connectivity index (χ2n) is 1.33. The summed E-state index contributed by atoms with van der Waals surface area (Å²) in [6.45, 7) is 3.53. The highest BCUT2D eigenvalue weighted by molar-refractivity contribution is 7.14. The Morgan fingerprint density at radius 2 is 2.62 bits per heavy atom. The lowest BCUT2D eigenvalue weighted by Crippen LogP contribution is -1.77. The fourth-order valence-corrected chi connectivity index (χ4v) is 1.07. The predicted molar refractivity (Wildman–Crippen MR) is 38.1 cm³/mol. The van der Waals surface area contributed by atoms with Crippen LogP contribution in [0.5, 0.6) is 0 Å². The van der Waals surface area contributed by atoms with Crippen LogP contribution in [0.3, 0.4) is 0 Å². The molecule has 2 heteroatoms. The second-order valence-corrected chi connectivity index (χ2v) is 2.27. The topological polar surface area (TPSA) is 12.0 Å². The van der Waals surface area contributed by atoms with Crippen LogP contribution in [0.15, 0.2) is 30.3 Å². The van der Waals surface area contributed by atoms with Crippen LogP contribution < -0.4 is 5.32 Å². The van der Waals surface area contributed by atoms with Crippen LogP contribution in [0, 0.1) is 0 Å². The molecule has 1 N–H and O–H groups in total. The van der Waals surface area contributed by atoms with Crippen molar-refractivity contribution < 1.29 is 0 Å². The highest BCUT2D eigenvalue weighted by atomic mass is 32.1. The zero-order valence-corrected chi connectivity index (χ0v) is 5.24. The summed E-state index contributed by atoms with van der Waals surface area (Å²) in [4.78, 5) is 0. The Balaban J connectivity index is 2.62. The van der Waals surface area contributed by atoms with Crippen molar-refractivity contribution in [1.82, 2.24) is 0 Å². The Morgan fingerprint density at radius 1 is 1.75 bits per heavy atom. The molecule has 1 aromatic rings. The molecule has 1 rings (SSSR count). The average molecular weight is 125 g/mol. The first-order valence-corrected chi connectivity index (χ1v) is 3.22. The van der Waals surface area contributed by atoms with Gasteiger partial charge >= 0.3 is 0 Å². The molecule has 0 amide bonds. The zero-order chi connectivity index (χ0) is 5.82. The molecule has 0 aromatic carbocycles. The molecule has 1 nitrogen and oxygen atoms in total. The number of hydrogen-bond donors (Lipinski definition) is 1. The van der Waals surface area contributed by atoms with Crippen molar-refractivity contribution in [3.8, 4) is 0 Å². The molecule has 1 aromatic heterocycles. The lowest BCUT2D eigenvalue weighted by atomic mass is 10.6. The molecule has 0 aliphatic heterocycles. The van der Waals surface area contributed by atoms with Crippen LogP contribution in [0.4, 0.5) is 5.00 Å². The zero-order valence-electron chi connectivity index (χ0n) is 4.42. The maximum Gasteiger partial charge on any atom is 0.0921 e. The summed E-state index contributed by atoms with van der Waals surface area (Å²) in [5.74, 6) is 0. The van der Waals surface area contributed by atoms with Crippen molar-refractivity contribution in [2.45, 2.75) is 0 Å². The lowest BCUT2D eigenvalue weighted by molar-refractivity contribution is 1.73. The summed E-state index contributed by atoms with van der Waals surface area (Å²) in [6.07, 6.45) is 1.67. The molecule has 42 valence electrons. The number of rotatable bonds is 2. The van der Waals surface area contributed by atoms with Crippen molar-refractivity contribution in [3.63, 3.8) is 0 Å². The molecule has 8 heavy (non-hydrogen) atoms. The highest BCUT2D eigenvalue weighted by Crippen LogP contribution is 2.13. The quantitative estimate of drug-likeness (QED) is 0.639. The van der Waals surface area contributed by atoms with Crippen LogP contribution in [0.2, 0.25) is 0 Å². The third kappa shape index (κ3) is 1.10. The SMILES string of the molecule is C=CNc1cccs1. The number of nitrogens with one attached hydrogen (secondary N) is 1. The fourth-order valence-electron chi connectivity index (χ4n) is 0.461.